The molecule has 0 saturated heterocycles. The first-order chi connectivity index (χ1) is 14.9. The Morgan fingerprint density at radius 3 is 2.68 bits per heavy atom. The average Bonchev–Trinajstić information content (AvgIpc) is 3.17. The van der Waals surface area contributed by atoms with Crippen LogP contribution in [0.15, 0.2) is 76.8 Å². The van der Waals surface area contributed by atoms with Gasteiger partial charge in [0.1, 0.15) is 12.0 Å². The number of benzene rings is 1. The number of esters is 1. The molecule has 2 unspecified atom stereocenters. The van der Waals surface area contributed by atoms with Gasteiger partial charge in [-0.1, -0.05) is 30.3 Å². The Balaban J connectivity index is 1.80. The summed E-state index contributed by atoms with van der Waals surface area (Å²) in [6.45, 7) is 5.17. The Morgan fingerprint density at radius 2 is 1.97 bits per heavy atom. The lowest BCUT2D eigenvalue weighted by Gasteiger charge is -2.27. The number of hydrogen-bond acceptors (Lipinski definition) is 7. The normalized spacial score (nSPS) is 17.5. The molecule has 1 N–H and O–H groups in total. The van der Waals surface area contributed by atoms with Crippen molar-refractivity contribution in [3.8, 4) is 0 Å². The molecule has 0 fully saturated rings. The van der Waals surface area contributed by atoms with E-state index in [4.69, 9.17) is 4.74 Å². The van der Waals surface area contributed by atoms with Gasteiger partial charge in [-0.2, -0.15) is 0 Å². The molecule has 1 aliphatic rings. The smallest absolute Gasteiger partial charge is 0.337 e. The molecular formula is C23H21N3O4S. The number of nitro groups is 1. The number of carbonyl (C=O) groups excluding carboxylic acids is 1. The van der Waals surface area contributed by atoms with Crippen LogP contribution in [-0.4, -0.2) is 15.9 Å². The topological polar surface area (TPSA) is 94.4 Å². The van der Waals surface area contributed by atoms with Gasteiger partial charge in [-0.25, -0.2) is 4.79 Å². The number of pyridine rings is 1. The van der Waals surface area contributed by atoms with Gasteiger partial charge < -0.3 is 10.1 Å². The summed E-state index contributed by atoms with van der Waals surface area (Å²) in [6, 6.07) is 11.2. The van der Waals surface area contributed by atoms with Crippen LogP contribution in [0.3, 0.4) is 0 Å². The third-order valence-electron chi connectivity index (χ3n) is 5.41. The lowest BCUT2D eigenvalue weighted by atomic mass is 9.84. The number of nitrogens with one attached hydrogen (secondary N) is 1. The van der Waals surface area contributed by atoms with Gasteiger partial charge in [0, 0.05) is 28.2 Å². The SMILES string of the molecule is CC1=C(C(=O)OC(C)c2ccccc2)C(c2csc3ccncc23)C([N+](=O)[O-])=C(C)N1. The summed E-state index contributed by atoms with van der Waals surface area (Å²) in [7, 11) is 0. The highest BCUT2D eigenvalue weighted by molar-refractivity contribution is 7.17. The molecule has 0 spiro atoms. The van der Waals surface area contributed by atoms with Crippen LogP contribution in [0, 0.1) is 10.1 Å². The Labute approximate surface area is 183 Å². The summed E-state index contributed by atoms with van der Waals surface area (Å²) in [5.41, 5.74) is 2.65. The van der Waals surface area contributed by atoms with Gasteiger partial charge in [0.25, 0.3) is 5.70 Å². The fourth-order valence-electron chi connectivity index (χ4n) is 3.93. The van der Waals surface area contributed by atoms with Crippen LogP contribution in [0.4, 0.5) is 0 Å². The molecule has 3 aromatic rings. The van der Waals surface area contributed by atoms with E-state index >= 15 is 0 Å². The lowest BCUT2D eigenvalue weighted by Crippen LogP contribution is -2.31. The minimum absolute atomic E-state index is 0.0616. The first-order valence-electron chi connectivity index (χ1n) is 9.78. The molecule has 0 amide bonds. The number of ether oxygens (including phenoxy) is 1. The van der Waals surface area contributed by atoms with Gasteiger partial charge in [0.2, 0.25) is 0 Å². The van der Waals surface area contributed by atoms with Crippen molar-refractivity contribution in [1.82, 2.24) is 10.3 Å². The molecule has 1 aromatic carbocycles. The van der Waals surface area contributed by atoms with Gasteiger partial charge in [-0.05, 0) is 43.3 Å². The number of dihydropyridines is 1. The van der Waals surface area contributed by atoms with Crippen molar-refractivity contribution in [2.24, 2.45) is 0 Å². The Hall–Kier alpha value is -3.52. The second-order valence-electron chi connectivity index (χ2n) is 7.39. The minimum Gasteiger partial charge on any atom is -0.454 e. The third kappa shape index (κ3) is 3.82. The van der Waals surface area contributed by atoms with E-state index < -0.39 is 22.9 Å². The fourth-order valence-corrected chi connectivity index (χ4v) is 4.88. The van der Waals surface area contributed by atoms with E-state index in [0.717, 1.165) is 15.6 Å². The number of nitrogens with zero attached hydrogens (tertiary/aromatic N) is 2. The Morgan fingerprint density at radius 1 is 1.23 bits per heavy atom. The number of fused-ring (bicyclic) bond motifs is 1. The van der Waals surface area contributed by atoms with Crippen LogP contribution in [0.5, 0.6) is 0 Å². The predicted molar refractivity (Wildman–Crippen MR) is 119 cm³/mol. The van der Waals surface area contributed by atoms with Gasteiger partial charge in [-0.15, -0.1) is 11.3 Å². The molecule has 31 heavy (non-hydrogen) atoms. The molecule has 7 nitrogen and oxygen atoms in total. The van der Waals surface area contributed by atoms with E-state index in [9.17, 15) is 14.9 Å². The molecular weight excluding hydrogens is 414 g/mol. The van der Waals surface area contributed by atoms with Crippen LogP contribution >= 0.6 is 11.3 Å². The summed E-state index contributed by atoms with van der Waals surface area (Å²) in [6.07, 6.45) is 2.86. The molecule has 0 bridgehead atoms. The Bertz CT molecular complexity index is 1230. The summed E-state index contributed by atoms with van der Waals surface area (Å²) in [5, 5.41) is 17.7. The fraction of sp³-hybridized carbons (Fsp3) is 0.217. The maximum Gasteiger partial charge on any atom is 0.337 e. The Kier molecular flexibility index (Phi) is 5.56. The average molecular weight is 436 g/mol. The summed E-state index contributed by atoms with van der Waals surface area (Å²) >= 11 is 1.47. The molecule has 1 aliphatic heterocycles. The monoisotopic (exact) mass is 435 g/mol. The third-order valence-corrected chi connectivity index (χ3v) is 6.39. The maximum atomic E-state index is 13.3. The number of carbonyl (C=O) groups is 1. The minimum atomic E-state index is -0.857. The van der Waals surface area contributed by atoms with Crippen LogP contribution in [0.2, 0.25) is 0 Å². The zero-order chi connectivity index (χ0) is 22.1. The predicted octanol–water partition coefficient (Wildman–Crippen LogP) is 5.07. The molecule has 8 heteroatoms. The first-order valence-corrected chi connectivity index (χ1v) is 10.7. The zero-order valence-electron chi connectivity index (χ0n) is 17.3. The molecule has 158 valence electrons. The largest absolute Gasteiger partial charge is 0.454 e. The van der Waals surface area contributed by atoms with Gasteiger partial charge in [0.15, 0.2) is 0 Å². The van der Waals surface area contributed by atoms with Gasteiger partial charge in [0.05, 0.1) is 16.2 Å². The molecule has 3 heterocycles. The van der Waals surface area contributed by atoms with Crippen LogP contribution < -0.4 is 5.32 Å². The maximum absolute atomic E-state index is 13.3. The molecule has 2 aromatic heterocycles. The second-order valence-corrected chi connectivity index (χ2v) is 8.30. The highest BCUT2D eigenvalue weighted by Crippen LogP contribution is 2.43. The molecule has 0 saturated carbocycles. The van der Waals surface area contributed by atoms with Crippen molar-refractivity contribution < 1.29 is 14.5 Å². The summed E-state index contributed by atoms with van der Waals surface area (Å²) in [5.74, 6) is -1.44. The number of hydrogen-bond donors (Lipinski definition) is 1. The van der Waals surface area contributed by atoms with Crippen molar-refractivity contribution in [3.63, 3.8) is 0 Å². The first kappa shape index (κ1) is 20.7. The summed E-state index contributed by atoms with van der Waals surface area (Å²) in [4.78, 5) is 29.1. The van der Waals surface area contributed by atoms with Crippen molar-refractivity contribution in [2.75, 3.05) is 0 Å². The second kappa shape index (κ2) is 8.31. The molecule has 2 atom stereocenters. The standard InChI is InChI=1S/C23H21N3O4S/c1-13-20(23(27)30-15(3)16-7-5-4-6-8-16)21(22(26(28)29)14(2)25-13)18-12-31-19-9-10-24-11-17(18)19/h4-12,15,21,25H,1-3H3. The molecule has 0 radical (unpaired) electrons. The zero-order valence-corrected chi connectivity index (χ0v) is 18.1. The lowest BCUT2D eigenvalue weighted by molar-refractivity contribution is -0.431. The molecule has 4 rings (SSSR count). The number of rotatable bonds is 5. The van der Waals surface area contributed by atoms with Crippen molar-refractivity contribution in [3.05, 3.63) is 98.1 Å². The van der Waals surface area contributed by atoms with E-state index in [-0.39, 0.29) is 11.3 Å². The van der Waals surface area contributed by atoms with Crippen molar-refractivity contribution in [2.45, 2.75) is 32.8 Å². The highest BCUT2D eigenvalue weighted by atomic mass is 32.1. The van der Waals surface area contributed by atoms with Crippen LogP contribution in [0.25, 0.3) is 10.1 Å². The van der Waals surface area contributed by atoms with E-state index in [0.29, 0.717) is 17.0 Å². The van der Waals surface area contributed by atoms with Gasteiger partial charge >= 0.3 is 5.97 Å². The van der Waals surface area contributed by atoms with Crippen LogP contribution in [-0.2, 0) is 9.53 Å². The van der Waals surface area contributed by atoms with E-state index in [2.05, 4.69) is 10.3 Å². The van der Waals surface area contributed by atoms with Crippen LogP contribution in [0.1, 0.15) is 43.9 Å². The number of allylic oxidation sites excluding steroid dienone is 3. The van der Waals surface area contributed by atoms with E-state index in [1.807, 2.05) is 41.8 Å². The van der Waals surface area contributed by atoms with E-state index in [1.54, 1.807) is 33.2 Å². The van der Waals surface area contributed by atoms with Crippen molar-refractivity contribution >= 4 is 27.4 Å². The number of aromatic nitrogens is 1. The van der Waals surface area contributed by atoms with Gasteiger partial charge in [-0.3, -0.25) is 15.1 Å². The number of thiophene rings is 1. The molecule has 0 aliphatic carbocycles. The quantitative estimate of drug-likeness (QED) is 0.342. The summed E-state index contributed by atoms with van der Waals surface area (Å²) < 4.78 is 6.71. The highest BCUT2D eigenvalue weighted by Gasteiger charge is 2.42. The van der Waals surface area contributed by atoms with E-state index in [1.165, 1.54) is 11.3 Å². The van der Waals surface area contributed by atoms with Crippen molar-refractivity contribution in [1.29, 1.82) is 0 Å².